The third-order valence-corrected chi connectivity index (χ3v) is 3.92. The van der Waals surface area contributed by atoms with Gasteiger partial charge in [0.2, 0.25) is 0 Å². The number of nitrogens with zero attached hydrogens (tertiary/aromatic N) is 2. The molecular weight excluding hydrogens is 296 g/mol. The van der Waals surface area contributed by atoms with Crippen LogP contribution in [0.1, 0.15) is 0 Å². The van der Waals surface area contributed by atoms with Crippen molar-refractivity contribution in [3.8, 4) is 22.5 Å². The van der Waals surface area contributed by atoms with E-state index in [2.05, 4.69) is 0 Å². The van der Waals surface area contributed by atoms with Gasteiger partial charge < -0.3 is 11.5 Å². The second-order valence-corrected chi connectivity index (χ2v) is 5.66. The van der Waals surface area contributed by atoms with Gasteiger partial charge in [-0.05, 0) is 30.3 Å². The summed E-state index contributed by atoms with van der Waals surface area (Å²) in [5, 5.41) is 0. The zero-order chi connectivity index (χ0) is 16.5. The minimum Gasteiger partial charge on any atom is -0.399 e. The summed E-state index contributed by atoms with van der Waals surface area (Å²) in [5.41, 5.74) is 18.4. The number of hydrogen-bond donors (Lipinski definition) is 2. The van der Waals surface area contributed by atoms with E-state index in [0.717, 1.165) is 39.2 Å². The van der Waals surface area contributed by atoms with Crippen LogP contribution in [0.25, 0.3) is 33.5 Å². The molecule has 0 amide bonds. The molecule has 1 heterocycles. The molecule has 0 aliphatic rings. The first kappa shape index (κ1) is 14.2. The number of anilines is 2. The van der Waals surface area contributed by atoms with Gasteiger partial charge in [-0.1, -0.05) is 42.5 Å². The molecule has 0 aliphatic carbocycles. The van der Waals surface area contributed by atoms with E-state index in [9.17, 15) is 0 Å². The Morgan fingerprint density at radius 3 is 1.83 bits per heavy atom. The van der Waals surface area contributed by atoms with Crippen LogP contribution in [0.3, 0.4) is 0 Å². The minimum atomic E-state index is 0.674. The number of fused-ring (bicyclic) bond motifs is 1. The number of rotatable bonds is 2. The van der Waals surface area contributed by atoms with Crippen molar-refractivity contribution in [3.05, 3.63) is 72.8 Å². The van der Waals surface area contributed by atoms with Gasteiger partial charge in [-0.2, -0.15) is 0 Å². The smallest absolute Gasteiger partial charge is 0.0973 e. The Morgan fingerprint density at radius 1 is 0.542 bits per heavy atom. The molecular formula is C20H16N4. The van der Waals surface area contributed by atoms with Gasteiger partial charge in [-0.3, -0.25) is 0 Å². The maximum Gasteiger partial charge on any atom is 0.0973 e. The van der Waals surface area contributed by atoms with Crippen molar-refractivity contribution in [3.63, 3.8) is 0 Å². The van der Waals surface area contributed by atoms with Gasteiger partial charge in [0.05, 0.1) is 22.4 Å². The van der Waals surface area contributed by atoms with Gasteiger partial charge in [-0.15, -0.1) is 0 Å². The van der Waals surface area contributed by atoms with Crippen LogP contribution in [0.15, 0.2) is 72.8 Å². The lowest BCUT2D eigenvalue weighted by molar-refractivity contribution is 1.29. The molecule has 4 aromatic rings. The number of hydrogen-bond acceptors (Lipinski definition) is 4. The van der Waals surface area contributed by atoms with E-state index in [1.54, 1.807) is 0 Å². The Balaban J connectivity index is 2.02. The van der Waals surface area contributed by atoms with E-state index in [1.807, 2.05) is 72.8 Å². The van der Waals surface area contributed by atoms with E-state index >= 15 is 0 Å². The fraction of sp³-hybridized carbons (Fsp3) is 0. The van der Waals surface area contributed by atoms with Crippen molar-refractivity contribution < 1.29 is 0 Å². The summed E-state index contributed by atoms with van der Waals surface area (Å²) < 4.78 is 0. The van der Waals surface area contributed by atoms with E-state index < -0.39 is 0 Å². The third kappa shape index (κ3) is 2.54. The molecule has 0 bridgehead atoms. The first-order chi connectivity index (χ1) is 11.7. The van der Waals surface area contributed by atoms with Crippen LogP contribution < -0.4 is 11.5 Å². The van der Waals surface area contributed by atoms with Crippen molar-refractivity contribution in [2.45, 2.75) is 0 Å². The quantitative estimate of drug-likeness (QED) is 0.546. The van der Waals surface area contributed by atoms with Crippen molar-refractivity contribution in [2.24, 2.45) is 0 Å². The van der Waals surface area contributed by atoms with E-state index in [-0.39, 0.29) is 0 Å². The number of aromatic nitrogens is 2. The number of nitrogens with two attached hydrogens (primary N) is 2. The molecule has 4 heteroatoms. The maximum atomic E-state index is 5.90. The molecule has 4 N–H and O–H groups in total. The fourth-order valence-electron chi connectivity index (χ4n) is 2.71. The topological polar surface area (TPSA) is 77.8 Å². The molecule has 0 fully saturated rings. The van der Waals surface area contributed by atoms with Gasteiger partial charge in [0.1, 0.15) is 0 Å². The molecule has 1 aromatic heterocycles. The molecule has 0 spiro atoms. The summed E-state index contributed by atoms with van der Waals surface area (Å²) in [5.74, 6) is 0. The van der Waals surface area contributed by atoms with Crippen LogP contribution in [0.5, 0.6) is 0 Å². The van der Waals surface area contributed by atoms with Crippen molar-refractivity contribution in [1.29, 1.82) is 0 Å². The average molecular weight is 312 g/mol. The largest absolute Gasteiger partial charge is 0.399 e. The molecule has 0 saturated heterocycles. The Morgan fingerprint density at radius 2 is 1.12 bits per heavy atom. The van der Waals surface area contributed by atoms with Gasteiger partial charge in [-0.25, -0.2) is 9.97 Å². The lowest BCUT2D eigenvalue weighted by Gasteiger charge is -2.11. The maximum absolute atomic E-state index is 5.90. The van der Waals surface area contributed by atoms with E-state index in [4.69, 9.17) is 21.4 Å². The predicted octanol–water partition coefficient (Wildman–Crippen LogP) is 4.13. The summed E-state index contributed by atoms with van der Waals surface area (Å²) in [6, 6.07) is 23.3. The zero-order valence-electron chi connectivity index (χ0n) is 13.0. The molecule has 4 nitrogen and oxygen atoms in total. The molecule has 0 atom stereocenters. The minimum absolute atomic E-state index is 0.674. The number of benzene rings is 3. The highest BCUT2D eigenvalue weighted by Crippen LogP contribution is 2.31. The first-order valence-corrected chi connectivity index (χ1v) is 7.69. The molecule has 0 saturated carbocycles. The summed E-state index contributed by atoms with van der Waals surface area (Å²) in [7, 11) is 0. The van der Waals surface area contributed by atoms with Gasteiger partial charge >= 0.3 is 0 Å². The van der Waals surface area contributed by atoms with E-state index in [1.165, 1.54) is 0 Å². The lowest BCUT2D eigenvalue weighted by atomic mass is 10.0. The predicted molar refractivity (Wildman–Crippen MR) is 99.2 cm³/mol. The van der Waals surface area contributed by atoms with Gasteiger partial charge in [0, 0.05) is 22.5 Å². The highest BCUT2D eigenvalue weighted by Gasteiger charge is 2.13. The van der Waals surface area contributed by atoms with Gasteiger partial charge in [0.25, 0.3) is 0 Å². The number of nitrogen functional groups attached to an aromatic ring is 2. The summed E-state index contributed by atoms with van der Waals surface area (Å²) >= 11 is 0. The van der Waals surface area contributed by atoms with Crippen molar-refractivity contribution in [2.75, 3.05) is 11.5 Å². The Kier molecular flexibility index (Phi) is 3.35. The molecule has 3 aromatic carbocycles. The summed E-state index contributed by atoms with van der Waals surface area (Å²) in [6.07, 6.45) is 0. The Labute approximate surface area is 139 Å². The van der Waals surface area contributed by atoms with Crippen LogP contribution >= 0.6 is 0 Å². The van der Waals surface area contributed by atoms with Crippen LogP contribution in [-0.2, 0) is 0 Å². The summed E-state index contributed by atoms with van der Waals surface area (Å²) in [4.78, 5) is 9.67. The summed E-state index contributed by atoms with van der Waals surface area (Å²) in [6.45, 7) is 0. The first-order valence-electron chi connectivity index (χ1n) is 7.69. The monoisotopic (exact) mass is 312 g/mol. The molecule has 116 valence electrons. The SMILES string of the molecule is Nc1ccc(-c2nc3cc(N)ccc3nc2-c2ccccc2)cc1. The van der Waals surface area contributed by atoms with Crippen LogP contribution in [0.2, 0.25) is 0 Å². The molecule has 4 rings (SSSR count). The highest BCUT2D eigenvalue weighted by molar-refractivity contribution is 5.87. The second kappa shape index (κ2) is 5.66. The Bertz CT molecular complexity index is 1010. The standard InChI is InChI=1S/C20H16N4/c21-15-8-6-14(7-9-15)20-19(13-4-2-1-3-5-13)23-17-11-10-16(22)12-18(17)24-20/h1-12H,21-22H2. The second-order valence-electron chi connectivity index (χ2n) is 5.66. The van der Waals surface area contributed by atoms with Crippen LogP contribution in [-0.4, -0.2) is 9.97 Å². The zero-order valence-corrected chi connectivity index (χ0v) is 13.0. The fourth-order valence-corrected chi connectivity index (χ4v) is 2.71. The van der Waals surface area contributed by atoms with E-state index in [0.29, 0.717) is 5.69 Å². The third-order valence-electron chi connectivity index (χ3n) is 3.92. The molecule has 24 heavy (non-hydrogen) atoms. The van der Waals surface area contributed by atoms with Crippen molar-refractivity contribution >= 4 is 22.4 Å². The molecule has 0 radical (unpaired) electrons. The average Bonchev–Trinajstić information content (AvgIpc) is 2.62. The molecule has 0 aliphatic heterocycles. The van der Waals surface area contributed by atoms with Crippen LogP contribution in [0.4, 0.5) is 11.4 Å². The molecule has 0 unspecified atom stereocenters. The lowest BCUT2D eigenvalue weighted by Crippen LogP contribution is -1.96. The van der Waals surface area contributed by atoms with Gasteiger partial charge in [0.15, 0.2) is 0 Å². The van der Waals surface area contributed by atoms with Crippen LogP contribution in [0, 0.1) is 0 Å². The Hall–Kier alpha value is -3.40. The van der Waals surface area contributed by atoms with Crippen molar-refractivity contribution in [1.82, 2.24) is 9.97 Å². The normalized spacial score (nSPS) is 10.8. The highest BCUT2D eigenvalue weighted by atomic mass is 14.8.